The smallest absolute Gasteiger partial charge is 0.240 e. The van der Waals surface area contributed by atoms with Gasteiger partial charge < -0.3 is 4.52 Å². The van der Waals surface area contributed by atoms with Crippen molar-refractivity contribution in [3.63, 3.8) is 0 Å². The fourth-order valence-electron chi connectivity index (χ4n) is 4.02. The number of benzene rings is 2. The first-order valence-corrected chi connectivity index (χ1v) is 12.1. The van der Waals surface area contributed by atoms with E-state index in [-0.39, 0.29) is 4.90 Å². The first-order valence-electron chi connectivity index (χ1n) is 10.6. The van der Waals surface area contributed by atoms with Gasteiger partial charge in [0.25, 0.3) is 0 Å². The summed E-state index contributed by atoms with van der Waals surface area (Å²) in [6.45, 7) is 8.96. The molecule has 0 unspecified atom stereocenters. The lowest BCUT2D eigenvalue weighted by molar-refractivity contribution is 0.316. The molecule has 4 rings (SSSR count). The molecule has 0 amide bonds. The predicted octanol–water partition coefficient (Wildman–Crippen LogP) is 4.07. The maximum atomic E-state index is 13.0. The second-order valence-electron chi connectivity index (χ2n) is 8.54. The zero-order valence-electron chi connectivity index (χ0n) is 18.3. The third-order valence-corrected chi connectivity index (χ3v) is 7.41. The van der Waals surface area contributed by atoms with Gasteiger partial charge in [0, 0.05) is 31.3 Å². The van der Waals surface area contributed by atoms with Crippen molar-refractivity contribution in [3.05, 3.63) is 70.9 Å². The summed E-state index contributed by atoms with van der Waals surface area (Å²) in [5.74, 6) is 0.872. The first-order chi connectivity index (χ1) is 14.8. The fraction of sp³-hybridized carbons (Fsp3) is 0.375. The topological polar surface area (TPSA) is 75.4 Å². The lowest BCUT2D eigenvalue weighted by Crippen LogP contribution is -2.31. The Hall–Kier alpha value is -2.48. The van der Waals surface area contributed by atoms with Crippen LogP contribution in [0.5, 0.6) is 0 Å². The first kappa shape index (κ1) is 21.7. The Kier molecular flexibility index (Phi) is 6.27. The van der Waals surface area contributed by atoms with Gasteiger partial charge in [-0.15, -0.1) is 0 Å². The number of rotatable bonds is 7. The summed E-state index contributed by atoms with van der Waals surface area (Å²) in [6.07, 6.45) is 0.991. The summed E-state index contributed by atoms with van der Waals surface area (Å²) >= 11 is 0. The Morgan fingerprint density at radius 3 is 2.58 bits per heavy atom. The Labute approximate surface area is 184 Å². The van der Waals surface area contributed by atoms with Crippen molar-refractivity contribution >= 4 is 10.0 Å². The summed E-state index contributed by atoms with van der Waals surface area (Å²) in [5.41, 5.74) is 4.73. The van der Waals surface area contributed by atoms with E-state index in [9.17, 15) is 8.42 Å². The van der Waals surface area contributed by atoms with E-state index in [0.29, 0.717) is 29.3 Å². The molecule has 0 bridgehead atoms. The number of sulfonamides is 1. The number of aryl methyl sites for hydroxylation is 3. The Morgan fingerprint density at radius 1 is 1.10 bits per heavy atom. The van der Waals surface area contributed by atoms with Crippen LogP contribution in [0.1, 0.15) is 28.8 Å². The highest BCUT2D eigenvalue weighted by Gasteiger charge is 2.25. The lowest BCUT2D eigenvalue weighted by atomic mass is 10.1. The zero-order valence-corrected chi connectivity index (χ0v) is 19.1. The van der Waals surface area contributed by atoms with E-state index < -0.39 is 10.0 Å². The van der Waals surface area contributed by atoms with E-state index in [4.69, 9.17) is 4.52 Å². The second-order valence-corrected chi connectivity index (χ2v) is 10.3. The van der Waals surface area contributed by atoms with Crippen molar-refractivity contribution in [1.29, 1.82) is 0 Å². The summed E-state index contributed by atoms with van der Waals surface area (Å²) in [7, 11) is -3.61. The van der Waals surface area contributed by atoms with Gasteiger partial charge >= 0.3 is 0 Å². The van der Waals surface area contributed by atoms with Crippen LogP contribution >= 0.6 is 0 Å². The van der Waals surface area contributed by atoms with Crippen molar-refractivity contribution in [2.24, 2.45) is 5.92 Å². The monoisotopic (exact) mass is 439 g/mol. The third-order valence-electron chi connectivity index (χ3n) is 5.85. The van der Waals surface area contributed by atoms with E-state index in [1.165, 1.54) is 11.1 Å². The van der Waals surface area contributed by atoms with Crippen molar-refractivity contribution < 1.29 is 12.9 Å². The number of aromatic nitrogens is 1. The predicted molar refractivity (Wildman–Crippen MR) is 121 cm³/mol. The van der Waals surface area contributed by atoms with Gasteiger partial charge in [0.1, 0.15) is 0 Å². The summed E-state index contributed by atoms with van der Waals surface area (Å²) in [4.78, 5) is 2.68. The summed E-state index contributed by atoms with van der Waals surface area (Å²) < 4.78 is 34.2. The number of nitrogens with one attached hydrogen (secondary N) is 1. The average Bonchev–Trinajstić information content (AvgIpc) is 3.37. The van der Waals surface area contributed by atoms with Crippen LogP contribution in [0.3, 0.4) is 0 Å². The maximum absolute atomic E-state index is 13.0. The fourth-order valence-corrected chi connectivity index (χ4v) is 5.41. The highest BCUT2D eigenvalue weighted by molar-refractivity contribution is 7.89. The molecule has 0 radical (unpaired) electrons. The van der Waals surface area contributed by atoms with Crippen LogP contribution in [0.25, 0.3) is 11.3 Å². The molecule has 6 nitrogen and oxygen atoms in total. The van der Waals surface area contributed by atoms with Gasteiger partial charge in [0.2, 0.25) is 10.0 Å². The van der Waals surface area contributed by atoms with E-state index in [1.54, 1.807) is 18.2 Å². The van der Waals surface area contributed by atoms with Gasteiger partial charge in [0.05, 0.1) is 10.6 Å². The molecule has 7 heteroatoms. The number of likely N-dealkylation sites (tertiary alicyclic amines) is 1. The third kappa shape index (κ3) is 5.23. The summed E-state index contributed by atoms with van der Waals surface area (Å²) in [6, 6.07) is 15.7. The SMILES string of the molecule is Cc1ccc(CN2CC[C@@H](CNS(=O)(=O)c3cc(-c4cc(C)no4)ccc3C)C2)cc1. The second kappa shape index (κ2) is 8.94. The van der Waals surface area contributed by atoms with Crippen molar-refractivity contribution in [2.75, 3.05) is 19.6 Å². The van der Waals surface area contributed by atoms with E-state index in [1.807, 2.05) is 19.9 Å². The Morgan fingerprint density at radius 2 is 1.87 bits per heavy atom. The van der Waals surface area contributed by atoms with E-state index in [2.05, 4.69) is 46.0 Å². The largest absolute Gasteiger partial charge is 0.356 e. The molecule has 31 heavy (non-hydrogen) atoms. The molecule has 1 aliphatic rings. The minimum atomic E-state index is -3.61. The highest BCUT2D eigenvalue weighted by atomic mass is 32.2. The van der Waals surface area contributed by atoms with Crippen LogP contribution in [0.4, 0.5) is 0 Å². The van der Waals surface area contributed by atoms with Gasteiger partial charge in [-0.25, -0.2) is 13.1 Å². The molecule has 1 atom stereocenters. The molecule has 1 fully saturated rings. The van der Waals surface area contributed by atoms with E-state index in [0.717, 1.165) is 31.7 Å². The summed E-state index contributed by atoms with van der Waals surface area (Å²) in [5, 5.41) is 3.89. The molecule has 0 saturated carbocycles. The highest BCUT2D eigenvalue weighted by Crippen LogP contribution is 2.26. The van der Waals surface area contributed by atoms with Gasteiger partial charge in [-0.3, -0.25) is 4.90 Å². The van der Waals surface area contributed by atoms with Crippen molar-refractivity contribution in [3.8, 4) is 11.3 Å². The van der Waals surface area contributed by atoms with Crippen LogP contribution < -0.4 is 4.72 Å². The lowest BCUT2D eigenvalue weighted by Gasteiger charge is -2.17. The molecular formula is C24H29N3O3S. The average molecular weight is 440 g/mol. The molecule has 2 heterocycles. The molecule has 1 aromatic heterocycles. The van der Waals surface area contributed by atoms with Crippen LogP contribution in [0.2, 0.25) is 0 Å². The molecule has 1 aliphatic heterocycles. The normalized spacial score (nSPS) is 17.3. The molecule has 3 aromatic rings. The standard InChI is InChI=1S/C24H29N3O3S/c1-17-4-7-20(8-5-17)15-27-11-10-21(16-27)14-25-31(28,29)24-13-22(9-6-18(24)2)23-12-19(3)26-30-23/h4-9,12-13,21,25H,10-11,14-16H2,1-3H3/t21-/m0/s1. The van der Waals surface area contributed by atoms with Gasteiger partial charge in [-0.05, 0) is 56.8 Å². The van der Waals surface area contributed by atoms with Crippen LogP contribution in [-0.4, -0.2) is 38.1 Å². The van der Waals surface area contributed by atoms with Crippen LogP contribution in [0.15, 0.2) is 57.9 Å². The van der Waals surface area contributed by atoms with Gasteiger partial charge in [0.15, 0.2) is 5.76 Å². The van der Waals surface area contributed by atoms with Crippen LogP contribution in [-0.2, 0) is 16.6 Å². The maximum Gasteiger partial charge on any atom is 0.240 e. The Bertz CT molecular complexity index is 1150. The van der Waals surface area contributed by atoms with Crippen LogP contribution in [0, 0.1) is 26.7 Å². The molecule has 164 valence electrons. The van der Waals surface area contributed by atoms with E-state index >= 15 is 0 Å². The molecule has 1 saturated heterocycles. The minimum Gasteiger partial charge on any atom is -0.356 e. The number of nitrogens with zero attached hydrogens (tertiary/aromatic N) is 2. The van der Waals surface area contributed by atoms with Crippen molar-refractivity contribution in [1.82, 2.24) is 14.8 Å². The molecule has 0 aliphatic carbocycles. The number of hydrogen-bond acceptors (Lipinski definition) is 5. The van der Waals surface area contributed by atoms with Gasteiger partial charge in [-0.1, -0.05) is 47.1 Å². The molecule has 0 spiro atoms. The minimum absolute atomic E-state index is 0.286. The quantitative estimate of drug-likeness (QED) is 0.601. The molecular weight excluding hydrogens is 410 g/mol. The molecule has 2 aromatic carbocycles. The molecule has 1 N–H and O–H groups in total. The Balaban J connectivity index is 1.39. The zero-order chi connectivity index (χ0) is 22.0. The van der Waals surface area contributed by atoms with Gasteiger partial charge in [-0.2, -0.15) is 0 Å². The van der Waals surface area contributed by atoms with Crippen molar-refractivity contribution in [2.45, 2.75) is 38.6 Å². The number of hydrogen-bond donors (Lipinski definition) is 1.